The molecule has 1 atom stereocenters. The zero-order valence-electron chi connectivity index (χ0n) is 19.3. The Balaban J connectivity index is 1.73. The molecule has 2 aromatic heterocycles. The molecule has 0 amide bonds. The van der Waals surface area contributed by atoms with Gasteiger partial charge in [-0.3, -0.25) is 13.9 Å². The highest BCUT2D eigenvalue weighted by molar-refractivity contribution is 5.78. The van der Waals surface area contributed by atoms with Crippen molar-refractivity contribution in [2.75, 3.05) is 18.6 Å². The highest BCUT2D eigenvalue weighted by Gasteiger charge is 2.31. The monoisotopic (exact) mass is 445 g/mol. The van der Waals surface area contributed by atoms with Gasteiger partial charge in [-0.05, 0) is 30.5 Å². The third kappa shape index (κ3) is 3.42. The molecule has 2 aromatic carbocycles. The van der Waals surface area contributed by atoms with Crippen molar-refractivity contribution in [1.29, 1.82) is 0 Å². The van der Waals surface area contributed by atoms with Crippen molar-refractivity contribution in [2.24, 2.45) is 13.0 Å². The van der Waals surface area contributed by atoms with Crippen LogP contribution in [0.15, 0.2) is 58.1 Å². The van der Waals surface area contributed by atoms with Crippen molar-refractivity contribution < 1.29 is 4.74 Å². The van der Waals surface area contributed by atoms with Crippen LogP contribution in [-0.4, -0.2) is 32.3 Å². The Morgan fingerprint density at radius 2 is 1.88 bits per heavy atom. The fraction of sp³-hybridized carbons (Fsp3) is 0.320. The third-order valence-electron chi connectivity index (χ3n) is 6.24. The van der Waals surface area contributed by atoms with E-state index >= 15 is 0 Å². The minimum Gasteiger partial charge on any atom is -0.495 e. The average Bonchev–Trinajstić information content (AvgIpc) is 3.19. The van der Waals surface area contributed by atoms with Gasteiger partial charge in [0.25, 0.3) is 5.56 Å². The van der Waals surface area contributed by atoms with Crippen LogP contribution in [0.1, 0.15) is 18.1 Å². The molecule has 3 heterocycles. The van der Waals surface area contributed by atoms with E-state index < -0.39 is 0 Å². The molecule has 5 rings (SSSR count). The van der Waals surface area contributed by atoms with E-state index in [4.69, 9.17) is 9.72 Å². The number of nitrogens with zero attached hydrogens (tertiary/aromatic N) is 5. The quantitative estimate of drug-likeness (QED) is 0.483. The fourth-order valence-electron chi connectivity index (χ4n) is 4.69. The van der Waals surface area contributed by atoms with E-state index in [0.29, 0.717) is 23.7 Å². The summed E-state index contributed by atoms with van der Waals surface area (Å²) in [6, 6.07) is 15.6. The Labute approximate surface area is 191 Å². The maximum Gasteiger partial charge on any atom is 0.332 e. The number of hydrogen-bond donors (Lipinski definition) is 0. The molecule has 0 radical (unpaired) electrons. The van der Waals surface area contributed by atoms with Crippen LogP contribution in [0.5, 0.6) is 5.75 Å². The van der Waals surface area contributed by atoms with Gasteiger partial charge < -0.3 is 14.2 Å². The summed E-state index contributed by atoms with van der Waals surface area (Å²) in [4.78, 5) is 33.7. The topological polar surface area (TPSA) is 74.3 Å². The van der Waals surface area contributed by atoms with Crippen molar-refractivity contribution in [1.82, 2.24) is 18.7 Å². The molecule has 0 saturated heterocycles. The number of aromatic nitrogens is 4. The zero-order chi connectivity index (χ0) is 23.3. The lowest BCUT2D eigenvalue weighted by Gasteiger charge is -2.33. The first-order valence-corrected chi connectivity index (χ1v) is 11.0. The second-order valence-electron chi connectivity index (χ2n) is 8.80. The van der Waals surface area contributed by atoms with E-state index in [1.807, 2.05) is 60.0 Å². The molecule has 170 valence electrons. The lowest BCUT2D eigenvalue weighted by atomic mass is 10.1. The van der Waals surface area contributed by atoms with Crippen LogP contribution >= 0.6 is 0 Å². The van der Waals surface area contributed by atoms with Crippen molar-refractivity contribution in [3.05, 3.63) is 80.5 Å². The summed E-state index contributed by atoms with van der Waals surface area (Å²) in [5, 5.41) is 0. The molecule has 33 heavy (non-hydrogen) atoms. The number of fused-ring (bicyclic) bond motifs is 3. The highest BCUT2D eigenvalue weighted by atomic mass is 16.5. The standard InChI is InChI=1S/C25H27N5O3/c1-16-8-7-9-18(12-16)15-30-23(31)21-22(27(3)25(30)32)26-24-28(13-17(2)14-29(21)24)19-10-5-6-11-20(19)33-4/h5-12,17H,13-15H2,1-4H3/t17-/m1/s1. The maximum atomic E-state index is 13.6. The van der Waals surface area contributed by atoms with Gasteiger partial charge in [-0.15, -0.1) is 0 Å². The van der Waals surface area contributed by atoms with Crippen LogP contribution in [0.2, 0.25) is 0 Å². The van der Waals surface area contributed by atoms with Crippen molar-refractivity contribution in [3.8, 4) is 5.75 Å². The number of methoxy groups -OCH3 is 1. The van der Waals surface area contributed by atoms with E-state index in [-0.39, 0.29) is 23.7 Å². The molecule has 0 N–H and O–H groups in total. The number of rotatable bonds is 4. The largest absolute Gasteiger partial charge is 0.495 e. The second-order valence-corrected chi connectivity index (χ2v) is 8.80. The highest BCUT2D eigenvalue weighted by Crippen LogP contribution is 2.37. The SMILES string of the molecule is COc1ccccc1N1C[C@@H](C)Cn2c1nc1c2c(=O)n(Cc2cccc(C)c2)c(=O)n1C. The molecule has 0 unspecified atom stereocenters. The van der Waals surface area contributed by atoms with Gasteiger partial charge >= 0.3 is 5.69 Å². The predicted molar refractivity (Wildman–Crippen MR) is 129 cm³/mol. The predicted octanol–water partition coefficient (Wildman–Crippen LogP) is 3.05. The Bertz CT molecular complexity index is 1480. The average molecular weight is 446 g/mol. The molecule has 0 fully saturated rings. The second kappa shape index (κ2) is 7.95. The molecule has 1 aliphatic heterocycles. The van der Waals surface area contributed by atoms with Crippen LogP contribution in [0.25, 0.3) is 11.2 Å². The van der Waals surface area contributed by atoms with Gasteiger partial charge in [0.2, 0.25) is 5.95 Å². The summed E-state index contributed by atoms with van der Waals surface area (Å²) in [7, 11) is 3.32. The number of imidazole rings is 1. The van der Waals surface area contributed by atoms with Crippen LogP contribution in [0, 0.1) is 12.8 Å². The summed E-state index contributed by atoms with van der Waals surface area (Å²) in [6.07, 6.45) is 0. The molecule has 0 saturated carbocycles. The summed E-state index contributed by atoms with van der Waals surface area (Å²) in [5.41, 5.74) is 3.04. The number of anilines is 2. The van der Waals surface area contributed by atoms with Gasteiger partial charge in [-0.25, -0.2) is 4.79 Å². The summed E-state index contributed by atoms with van der Waals surface area (Å²) >= 11 is 0. The lowest BCUT2D eigenvalue weighted by molar-refractivity contribution is 0.409. The van der Waals surface area contributed by atoms with Crippen molar-refractivity contribution >= 4 is 22.8 Å². The summed E-state index contributed by atoms with van der Waals surface area (Å²) in [5.74, 6) is 1.64. The van der Waals surface area contributed by atoms with Crippen LogP contribution in [0.4, 0.5) is 11.6 Å². The van der Waals surface area contributed by atoms with Gasteiger partial charge in [0.15, 0.2) is 11.2 Å². The van der Waals surface area contributed by atoms with E-state index in [0.717, 1.165) is 29.1 Å². The van der Waals surface area contributed by atoms with Gasteiger partial charge in [0, 0.05) is 20.1 Å². The van der Waals surface area contributed by atoms with E-state index in [1.165, 1.54) is 9.13 Å². The molecular formula is C25H27N5O3. The molecule has 0 bridgehead atoms. The Kier molecular flexibility index (Phi) is 5.08. The normalized spacial score (nSPS) is 15.6. The van der Waals surface area contributed by atoms with Crippen molar-refractivity contribution in [2.45, 2.75) is 26.9 Å². The first kappa shape index (κ1) is 21.1. The van der Waals surface area contributed by atoms with Gasteiger partial charge in [0.1, 0.15) is 5.75 Å². The molecule has 0 spiro atoms. The smallest absolute Gasteiger partial charge is 0.332 e. The van der Waals surface area contributed by atoms with Gasteiger partial charge in [-0.1, -0.05) is 48.9 Å². The number of ether oxygens (including phenoxy) is 1. The van der Waals surface area contributed by atoms with Gasteiger partial charge in [0.05, 0.1) is 19.3 Å². The zero-order valence-corrected chi connectivity index (χ0v) is 19.3. The summed E-state index contributed by atoms with van der Waals surface area (Å²) in [6.45, 7) is 5.74. The molecular weight excluding hydrogens is 418 g/mol. The molecule has 0 aliphatic carbocycles. The van der Waals surface area contributed by atoms with E-state index in [2.05, 4.69) is 11.8 Å². The first-order valence-electron chi connectivity index (χ1n) is 11.0. The maximum absolute atomic E-state index is 13.6. The van der Waals surface area contributed by atoms with E-state index in [9.17, 15) is 9.59 Å². The minimum atomic E-state index is -0.374. The molecule has 8 nitrogen and oxygen atoms in total. The minimum absolute atomic E-state index is 0.218. The number of hydrogen-bond acceptors (Lipinski definition) is 5. The molecule has 8 heteroatoms. The molecule has 1 aliphatic rings. The number of benzene rings is 2. The number of aryl methyl sites for hydroxylation is 2. The van der Waals surface area contributed by atoms with Crippen LogP contribution < -0.4 is 20.9 Å². The molecule has 4 aromatic rings. The van der Waals surface area contributed by atoms with Crippen LogP contribution in [-0.2, 0) is 20.1 Å². The number of para-hydroxylation sites is 2. The van der Waals surface area contributed by atoms with Gasteiger partial charge in [-0.2, -0.15) is 4.98 Å². The Morgan fingerprint density at radius 1 is 1.09 bits per heavy atom. The van der Waals surface area contributed by atoms with Crippen LogP contribution in [0.3, 0.4) is 0 Å². The fourth-order valence-corrected chi connectivity index (χ4v) is 4.69. The van der Waals surface area contributed by atoms with E-state index in [1.54, 1.807) is 14.2 Å². The lowest BCUT2D eigenvalue weighted by Crippen LogP contribution is -2.40. The Morgan fingerprint density at radius 3 is 2.64 bits per heavy atom. The summed E-state index contributed by atoms with van der Waals surface area (Å²) < 4.78 is 10.3. The Hall–Kier alpha value is -3.81. The first-order chi connectivity index (χ1) is 15.9. The third-order valence-corrected chi connectivity index (χ3v) is 6.24. The van der Waals surface area contributed by atoms with Crippen molar-refractivity contribution in [3.63, 3.8) is 0 Å².